The highest BCUT2D eigenvalue weighted by atomic mass is 16.7. The van der Waals surface area contributed by atoms with Crippen LogP contribution in [0.1, 0.15) is 155 Å². The molecule has 0 aliphatic carbocycles. The van der Waals surface area contributed by atoms with Crippen LogP contribution in [0.25, 0.3) is 0 Å². The zero-order valence-corrected chi connectivity index (χ0v) is 35.3. The Morgan fingerprint density at radius 3 is 1.61 bits per heavy atom. The highest BCUT2D eigenvalue weighted by Crippen LogP contribution is 2.22. The van der Waals surface area contributed by atoms with Crippen molar-refractivity contribution in [3.8, 4) is 0 Å². The molecule has 4 N–H and O–H groups in total. The van der Waals surface area contributed by atoms with Gasteiger partial charge in [-0.3, -0.25) is 9.59 Å². The predicted molar refractivity (Wildman–Crippen MR) is 228 cm³/mol. The summed E-state index contributed by atoms with van der Waals surface area (Å²) < 4.78 is 22.0. The van der Waals surface area contributed by atoms with Gasteiger partial charge in [0, 0.05) is 12.8 Å². The first-order chi connectivity index (χ1) is 27.8. The van der Waals surface area contributed by atoms with Crippen molar-refractivity contribution in [1.29, 1.82) is 0 Å². The molecule has 0 saturated carbocycles. The van der Waals surface area contributed by atoms with E-state index in [4.69, 9.17) is 18.9 Å². The van der Waals surface area contributed by atoms with Crippen LogP contribution in [0.15, 0.2) is 72.9 Å². The van der Waals surface area contributed by atoms with E-state index in [-0.39, 0.29) is 26.1 Å². The average molecular weight is 803 g/mol. The first-order valence-electron chi connectivity index (χ1n) is 22.0. The zero-order chi connectivity index (χ0) is 41.6. The van der Waals surface area contributed by atoms with E-state index in [0.717, 1.165) is 57.8 Å². The van der Waals surface area contributed by atoms with Gasteiger partial charge in [-0.25, -0.2) is 0 Å². The van der Waals surface area contributed by atoms with E-state index < -0.39 is 55.4 Å². The largest absolute Gasteiger partial charge is 0.462 e. The maximum atomic E-state index is 12.7. The Bertz CT molecular complexity index is 1160. The number of ether oxygens (including phenoxy) is 4. The van der Waals surface area contributed by atoms with Crippen LogP contribution >= 0.6 is 0 Å². The third kappa shape index (κ3) is 29.1. The number of aliphatic hydroxyl groups excluding tert-OH is 4. The summed E-state index contributed by atoms with van der Waals surface area (Å²) >= 11 is 0. The van der Waals surface area contributed by atoms with Crippen LogP contribution < -0.4 is 0 Å². The predicted octanol–water partition coefficient (Wildman–Crippen LogP) is 9.22. The Morgan fingerprint density at radius 2 is 1.05 bits per heavy atom. The summed E-state index contributed by atoms with van der Waals surface area (Å²) in [6.07, 6.45) is 39.2. The summed E-state index contributed by atoms with van der Waals surface area (Å²) in [7, 11) is 0. The molecule has 0 bridgehead atoms. The van der Waals surface area contributed by atoms with Crippen molar-refractivity contribution >= 4 is 11.9 Å². The Labute approximate surface area is 344 Å². The summed E-state index contributed by atoms with van der Waals surface area (Å²) in [5.74, 6) is -0.915. The maximum Gasteiger partial charge on any atom is 0.306 e. The van der Waals surface area contributed by atoms with E-state index in [1.807, 2.05) is 0 Å². The molecule has 1 rings (SSSR count). The lowest BCUT2D eigenvalue weighted by Gasteiger charge is -2.39. The van der Waals surface area contributed by atoms with Gasteiger partial charge >= 0.3 is 11.9 Å². The van der Waals surface area contributed by atoms with Gasteiger partial charge in [0.15, 0.2) is 12.4 Å². The fourth-order valence-electron chi connectivity index (χ4n) is 6.10. The first kappa shape index (κ1) is 52.2. The zero-order valence-electron chi connectivity index (χ0n) is 35.3. The topological polar surface area (TPSA) is 152 Å². The third-order valence-corrected chi connectivity index (χ3v) is 9.58. The fraction of sp³-hybridized carbons (Fsp3) is 0.702. The third-order valence-electron chi connectivity index (χ3n) is 9.58. The maximum absolute atomic E-state index is 12.7. The molecular formula is C47H78O10. The average Bonchev–Trinajstić information content (AvgIpc) is 3.21. The minimum atomic E-state index is -1.61. The second-order valence-corrected chi connectivity index (χ2v) is 14.8. The lowest BCUT2D eigenvalue weighted by molar-refractivity contribution is -0.305. The lowest BCUT2D eigenvalue weighted by atomic mass is 9.99. The van der Waals surface area contributed by atoms with Gasteiger partial charge in [0.2, 0.25) is 0 Å². The number of esters is 2. The molecule has 1 saturated heterocycles. The van der Waals surface area contributed by atoms with Crippen LogP contribution in [0.2, 0.25) is 0 Å². The second-order valence-electron chi connectivity index (χ2n) is 14.8. The molecule has 57 heavy (non-hydrogen) atoms. The molecule has 0 aromatic heterocycles. The van der Waals surface area contributed by atoms with Gasteiger partial charge in [0.25, 0.3) is 0 Å². The van der Waals surface area contributed by atoms with Crippen molar-refractivity contribution in [2.24, 2.45) is 0 Å². The van der Waals surface area contributed by atoms with E-state index in [1.54, 1.807) is 0 Å². The van der Waals surface area contributed by atoms with Crippen LogP contribution in [-0.4, -0.2) is 89.0 Å². The molecule has 10 nitrogen and oxygen atoms in total. The quantitative estimate of drug-likeness (QED) is 0.0277. The lowest BCUT2D eigenvalue weighted by Crippen LogP contribution is -2.59. The highest BCUT2D eigenvalue weighted by molar-refractivity contribution is 5.70. The van der Waals surface area contributed by atoms with E-state index in [0.29, 0.717) is 12.8 Å². The monoisotopic (exact) mass is 803 g/mol. The van der Waals surface area contributed by atoms with Gasteiger partial charge in [-0.15, -0.1) is 0 Å². The number of unbranched alkanes of at least 4 members (excludes halogenated alkanes) is 12. The van der Waals surface area contributed by atoms with Crippen LogP contribution in [0.3, 0.4) is 0 Å². The van der Waals surface area contributed by atoms with Gasteiger partial charge < -0.3 is 39.4 Å². The molecule has 6 atom stereocenters. The van der Waals surface area contributed by atoms with Gasteiger partial charge in [0.1, 0.15) is 31.0 Å². The van der Waals surface area contributed by atoms with Crippen molar-refractivity contribution in [1.82, 2.24) is 0 Å². The molecule has 10 heteroatoms. The van der Waals surface area contributed by atoms with E-state index in [1.165, 1.54) is 57.8 Å². The van der Waals surface area contributed by atoms with Gasteiger partial charge in [-0.2, -0.15) is 0 Å². The first-order valence-corrected chi connectivity index (χ1v) is 22.0. The molecule has 2 unspecified atom stereocenters. The van der Waals surface area contributed by atoms with E-state index in [9.17, 15) is 30.0 Å². The molecule has 0 spiro atoms. The Kier molecular flexibility index (Phi) is 34.2. The van der Waals surface area contributed by atoms with Crippen molar-refractivity contribution in [2.45, 2.75) is 192 Å². The Balaban J connectivity index is 2.41. The standard InChI is InChI=1S/C47H78O10/c1-3-5-7-9-11-13-15-17-19-20-22-23-25-27-29-31-33-35-42(49)54-38-40(39-55-47-46(53)45(52)44(51)41(37-48)57-47)56-43(50)36-34-32-30-28-26-24-21-18-16-14-12-10-8-6-4-2/h6,8,12,14,18,21-23,26-29,40-41,44-48,51-53H,3-5,7,9-11,13,15-17,19-20,24-25,30-39H2,1-2H3/b8-6+,14-12+,21-18+,23-22+,28-26+,29-27+/t40-,41-,44+,45?,46?,47-/m0/s1. The van der Waals surface area contributed by atoms with Crippen LogP contribution in [0.4, 0.5) is 0 Å². The molecule has 1 aliphatic rings. The molecule has 0 aromatic rings. The Morgan fingerprint density at radius 1 is 0.561 bits per heavy atom. The number of aliphatic hydroxyl groups is 4. The molecule has 0 radical (unpaired) electrons. The smallest absolute Gasteiger partial charge is 0.306 e. The number of carbonyl (C=O) groups excluding carboxylic acids is 2. The normalized spacial score (nSPS) is 21.0. The number of hydrogen-bond acceptors (Lipinski definition) is 10. The molecule has 1 fully saturated rings. The summed E-state index contributed by atoms with van der Waals surface area (Å²) in [4.78, 5) is 25.3. The van der Waals surface area contributed by atoms with E-state index >= 15 is 0 Å². The van der Waals surface area contributed by atoms with Gasteiger partial charge in [-0.05, 0) is 77.0 Å². The molecule has 0 aromatic carbocycles. The Hall–Kier alpha value is -2.86. The van der Waals surface area contributed by atoms with Crippen LogP contribution in [0.5, 0.6) is 0 Å². The molecular weight excluding hydrogens is 725 g/mol. The molecule has 326 valence electrons. The van der Waals surface area contributed by atoms with Gasteiger partial charge in [0.05, 0.1) is 13.2 Å². The number of carbonyl (C=O) groups is 2. The number of hydrogen-bond donors (Lipinski definition) is 4. The molecule has 1 aliphatic heterocycles. The van der Waals surface area contributed by atoms with Crippen molar-refractivity contribution in [3.63, 3.8) is 0 Å². The minimum absolute atomic E-state index is 0.165. The summed E-state index contributed by atoms with van der Waals surface area (Å²) in [6, 6.07) is 0. The second kappa shape index (κ2) is 37.4. The summed E-state index contributed by atoms with van der Waals surface area (Å²) in [6.45, 7) is 3.21. The summed E-state index contributed by atoms with van der Waals surface area (Å²) in [5.41, 5.74) is 0. The number of rotatable bonds is 35. The SMILES string of the molecule is CC/C=C/C/C=C/C/C=C/C/C=C/CCCCC(=O)O[C@@H](COC(=O)CCC/C=C/C/C=C/CCCCCCCCCCC)CO[C@H]1O[C@@H](CO)[C@@H](O)C(O)C1O. The van der Waals surface area contributed by atoms with Crippen LogP contribution in [0, 0.1) is 0 Å². The highest BCUT2D eigenvalue weighted by Gasteiger charge is 2.44. The van der Waals surface area contributed by atoms with E-state index in [2.05, 4.69) is 86.8 Å². The number of allylic oxidation sites excluding steroid dienone is 12. The molecule has 0 amide bonds. The molecule has 1 heterocycles. The van der Waals surface area contributed by atoms with Gasteiger partial charge in [-0.1, -0.05) is 138 Å². The fourth-order valence-corrected chi connectivity index (χ4v) is 6.10. The van der Waals surface area contributed by atoms with Crippen molar-refractivity contribution in [3.05, 3.63) is 72.9 Å². The van der Waals surface area contributed by atoms with Crippen LogP contribution in [-0.2, 0) is 28.5 Å². The van der Waals surface area contributed by atoms with Crippen molar-refractivity contribution < 1.29 is 49.0 Å². The van der Waals surface area contributed by atoms with Crippen molar-refractivity contribution in [2.75, 3.05) is 19.8 Å². The summed E-state index contributed by atoms with van der Waals surface area (Å²) in [5, 5.41) is 40.0. The minimum Gasteiger partial charge on any atom is -0.462 e.